The zero-order valence-electron chi connectivity index (χ0n) is 10.3. The number of hydrogen-bond donors (Lipinski definition) is 2. The zero-order valence-corrected chi connectivity index (χ0v) is 14.3. The monoisotopic (exact) mass is 410 g/mol. The Morgan fingerprint density at radius 3 is 2.47 bits per heavy atom. The summed E-state index contributed by atoms with van der Waals surface area (Å²) >= 11 is 6.54. The van der Waals surface area contributed by atoms with Crippen molar-refractivity contribution >= 4 is 47.6 Å². The van der Waals surface area contributed by atoms with Crippen molar-refractivity contribution in [2.45, 2.75) is 30.6 Å². The van der Waals surface area contributed by atoms with Crippen LogP contribution in [-0.2, 0) is 10.0 Å². The van der Waals surface area contributed by atoms with E-state index in [1.54, 1.807) is 12.1 Å². The van der Waals surface area contributed by atoms with E-state index >= 15 is 0 Å². The van der Waals surface area contributed by atoms with Crippen LogP contribution in [0.2, 0.25) is 0 Å². The molecule has 0 aliphatic heterocycles. The Labute approximate surface area is 130 Å². The van der Waals surface area contributed by atoms with Gasteiger partial charge in [0.1, 0.15) is 4.90 Å². The Bertz CT molecular complexity index is 546. The average Bonchev–Trinajstić information content (AvgIpc) is 2.77. The lowest BCUT2D eigenvalue weighted by Crippen LogP contribution is -2.29. The number of anilines is 1. The van der Waals surface area contributed by atoms with E-state index in [4.69, 9.17) is 5.73 Å². The van der Waals surface area contributed by atoms with E-state index in [9.17, 15) is 8.42 Å². The highest BCUT2D eigenvalue weighted by molar-refractivity contribution is 9.11. The Morgan fingerprint density at radius 1 is 1.26 bits per heavy atom. The highest BCUT2D eigenvalue weighted by Gasteiger charge is 2.23. The number of rotatable bonds is 4. The minimum Gasteiger partial charge on any atom is -0.398 e. The molecular formula is C12H16Br2N2O2S. The van der Waals surface area contributed by atoms with Gasteiger partial charge in [0.05, 0.1) is 5.69 Å². The largest absolute Gasteiger partial charge is 0.398 e. The first kappa shape index (κ1) is 15.3. The lowest BCUT2D eigenvalue weighted by Gasteiger charge is -2.14. The van der Waals surface area contributed by atoms with Gasteiger partial charge in [0.25, 0.3) is 0 Å². The SMILES string of the molecule is Nc1cc(Br)cc(Br)c1S(=O)(=O)NCC1CCCC1. The van der Waals surface area contributed by atoms with Gasteiger partial charge in [-0.05, 0) is 46.8 Å². The number of halogens is 2. The minimum atomic E-state index is -3.57. The van der Waals surface area contributed by atoms with E-state index in [1.165, 1.54) is 12.8 Å². The smallest absolute Gasteiger partial charge is 0.243 e. The van der Waals surface area contributed by atoms with Gasteiger partial charge >= 0.3 is 0 Å². The van der Waals surface area contributed by atoms with Crippen LogP contribution in [0.5, 0.6) is 0 Å². The molecule has 1 fully saturated rings. The van der Waals surface area contributed by atoms with Crippen molar-refractivity contribution in [2.24, 2.45) is 5.92 Å². The van der Waals surface area contributed by atoms with E-state index in [-0.39, 0.29) is 10.6 Å². The van der Waals surface area contributed by atoms with Crippen molar-refractivity contribution in [3.05, 3.63) is 21.1 Å². The summed E-state index contributed by atoms with van der Waals surface area (Å²) in [6.07, 6.45) is 4.58. The van der Waals surface area contributed by atoms with E-state index in [2.05, 4.69) is 36.6 Å². The van der Waals surface area contributed by atoms with Crippen LogP contribution in [0.4, 0.5) is 5.69 Å². The summed E-state index contributed by atoms with van der Waals surface area (Å²) in [6, 6.07) is 3.27. The fourth-order valence-corrected chi connectivity index (χ4v) is 5.56. The molecule has 19 heavy (non-hydrogen) atoms. The molecule has 1 aromatic carbocycles. The van der Waals surface area contributed by atoms with Gasteiger partial charge in [-0.25, -0.2) is 13.1 Å². The maximum Gasteiger partial charge on any atom is 0.243 e. The van der Waals surface area contributed by atoms with Crippen LogP contribution in [-0.4, -0.2) is 15.0 Å². The highest BCUT2D eigenvalue weighted by atomic mass is 79.9. The molecule has 0 spiro atoms. The van der Waals surface area contributed by atoms with Gasteiger partial charge in [-0.15, -0.1) is 0 Å². The lowest BCUT2D eigenvalue weighted by atomic mass is 10.1. The predicted molar refractivity (Wildman–Crippen MR) is 83.4 cm³/mol. The van der Waals surface area contributed by atoms with Gasteiger partial charge in [0, 0.05) is 15.5 Å². The summed E-state index contributed by atoms with van der Waals surface area (Å²) in [6.45, 7) is 0.490. The van der Waals surface area contributed by atoms with Gasteiger partial charge in [0.15, 0.2) is 0 Å². The van der Waals surface area contributed by atoms with E-state index in [0.717, 1.165) is 17.3 Å². The molecule has 1 aliphatic carbocycles. The molecule has 1 aromatic rings. The maximum atomic E-state index is 12.3. The van der Waals surface area contributed by atoms with Crippen LogP contribution in [0.15, 0.2) is 26.0 Å². The fraction of sp³-hybridized carbons (Fsp3) is 0.500. The molecule has 0 aromatic heterocycles. The second-order valence-electron chi connectivity index (χ2n) is 4.81. The molecule has 0 unspecified atom stereocenters. The maximum absolute atomic E-state index is 12.3. The van der Waals surface area contributed by atoms with Crippen LogP contribution in [0, 0.1) is 5.92 Å². The van der Waals surface area contributed by atoms with Crippen molar-refractivity contribution in [3.8, 4) is 0 Å². The molecule has 0 saturated heterocycles. The van der Waals surface area contributed by atoms with E-state index in [0.29, 0.717) is 16.9 Å². The number of sulfonamides is 1. The Morgan fingerprint density at radius 2 is 1.89 bits per heavy atom. The molecular weight excluding hydrogens is 396 g/mol. The number of nitrogens with one attached hydrogen (secondary N) is 1. The Balaban J connectivity index is 2.19. The molecule has 0 atom stereocenters. The molecule has 0 amide bonds. The summed E-state index contributed by atoms with van der Waals surface area (Å²) in [4.78, 5) is 0.119. The van der Waals surface area contributed by atoms with E-state index in [1.807, 2.05) is 0 Å². The quantitative estimate of drug-likeness (QED) is 0.746. The molecule has 1 saturated carbocycles. The first-order valence-electron chi connectivity index (χ1n) is 6.14. The Kier molecular flexibility index (Phi) is 4.92. The standard InChI is InChI=1S/C12H16Br2N2O2S/c13-9-5-10(14)12(11(15)6-9)19(17,18)16-7-8-3-1-2-4-8/h5-6,8,16H,1-4,7,15H2. The molecule has 2 rings (SSSR count). The summed E-state index contributed by atoms with van der Waals surface area (Å²) in [7, 11) is -3.57. The van der Waals surface area contributed by atoms with Gasteiger partial charge in [0.2, 0.25) is 10.0 Å². The molecule has 0 bridgehead atoms. The number of hydrogen-bond acceptors (Lipinski definition) is 3. The molecule has 0 heterocycles. The van der Waals surface area contributed by atoms with Crippen molar-refractivity contribution in [3.63, 3.8) is 0 Å². The third-order valence-electron chi connectivity index (χ3n) is 3.34. The molecule has 3 N–H and O–H groups in total. The molecule has 0 radical (unpaired) electrons. The Hall–Kier alpha value is -0.110. The molecule has 1 aliphatic rings. The summed E-state index contributed by atoms with van der Waals surface area (Å²) in [5, 5.41) is 0. The third kappa shape index (κ3) is 3.71. The number of benzene rings is 1. The minimum absolute atomic E-state index is 0.119. The van der Waals surface area contributed by atoms with Crippen molar-refractivity contribution < 1.29 is 8.42 Å². The van der Waals surface area contributed by atoms with Gasteiger partial charge in [-0.1, -0.05) is 28.8 Å². The lowest BCUT2D eigenvalue weighted by molar-refractivity contribution is 0.519. The fourth-order valence-electron chi connectivity index (χ4n) is 2.38. The van der Waals surface area contributed by atoms with Crippen LogP contribution in [0.1, 0.15) is 25.7 Å². The second kappa shape index (κ2) is 6.11. The highest BCUT2D eigenvalue weighted by Crippen LogP contribution is 2.32. The first-order valence-corrected chi connectivity index (χ1v) is 9.21. The normalized spacial score (nSPS) is 16.9. The molecule has 7 heteroatoms. The van der Waals surface area contributed by atoms with Crippen LogP contribution < -0.4 is 10.5 Å². The van der Waals surface area contributed by atoms with Crippen LogP contribution >= 0.6 is 31.9 Å². The van der Waals surface area contributed by atoms with E-state index < -0.39 is 10.0 Å². The van der Waals surface area contributed by atoms with Crippen molar-refractivity contribution in [1.82, 2.24) is 4.72 Å². The topological polar surface area (TPSA) is 72.2 Å². The third-order valence-corrected chi connectivity index (χ3v) is 6.23. The van der Waals surface area contributed by atoms with Crippen LogP contribution in [0.3, 0.4) is 0 Å². The molecule has 106 valence electrons. The van der Waals surface area contributed by atoms with Gasteiger partial charge in [-0.3, -0.25) is 0 Å². The van der Waals surface area contributed by atoms with Crippen LogP contribution in [0.25, 0.3) is 0 Å². The summed E-state index contributed by atoms with van der Waals surface area (Å²) < 4.78 is 28.5. The average molecular weight is 412 g/mol. The summed E-state index contributed by atoms with van der Waals surface area (Å²) in [5.74, 6) is 0.449. The van der Waals surface area contributed by atoms with Gasteiger partial charge < -0.3 is 5.73 Å². The second-order valence-corrected chi connectivity index (χ2v) is 8.28. The van der Waals surface area contributed by atoms with Crippen molar-refractivity contribution in [1.29, 1.82) is 0 Å². The van der Waals surface area contributed by atoms with Crippen molar-refractivity contribution in [2.75, 3.05) is 12.3 Å². The number of nitrogen functional groups attached to an aromatic ring is 1. The summed E-state index contributed by atoms with van der Waals surface area (Å²) in [5.41, 5.74) is 6.05. The molecule has 4 nitrogen and oxygen atoms in total. The first-order chi connectivity index (χ1) is 8.90. The van der Waals surface area contributed by atoms with Gasteiger partial charge in [-0.2, -0.15) is 0 Å². The zero-order chi connectivity index (χ0) is 14.0. The number of nitrogens with two attached hydrogens (primary N) is 1. The predicted octanol–water partition coefficient (Wildman–Crippen LogP) is 3.26.